The van der Waals surface area contributed by atoms with Crippen molar-refractivity contribution in [3.8, 4) is 5.75 Å². The maximum Gasteiger partial charge on any atom is 0.234 e. The summed E-state index contributed by atoms with van der Waals surface area (Å²) in [4.78, 5) is 14.4. The maximum absolute atomic E-state index is 12.2. The number of para-hydroxylation sites is 1. The van der Waals surface area contributed by atoms with Gasteiger partial charge in [-0.2, -0.15) is 0 Å². The van der Waals surface area contributed by atoms with Crippen molar-refractivity contribution in [2.24, 2.45) is 0 Å². The highest BCUT2D eigenvalue weighted by Gasteiger charge is 2.23. The van der Waals surface area contributed by atoms with E-state index in [1.807, 2.05) is 24.3 Å². The molecule has 1 saturated heterocycles. The summed E-state index contributed by atoms with van der Waals surface area (Å²) in [5.41, 5.74) is 1.06. The van der Waals surface area contributed by atoms with Gasteiger partial charge < -0.3 is 25.0 Å². The molecular formula is C17H25N3O3. The molecule has 23 heavy (non-hydrogen) atoms. The predicted octanol–water partition coefficient (Wildman–Crippen LogP) is 0.547. The van der Waals surface area contributed by atoms with E-state index < -0.39 is 0 Å². The van der Waals surface area contributed by atoms with E-state index in [1.165, 1.54) is 0 Å². The van der Waals surface area contributed by atoms with Crippen molar-refractivity contribution in [3.63, 3.8) is 0 Å². The van der Waals surface area contributed by atoms with Crippen LogP contribution >= 0.6 is 0 Å². The van der Waals surface area contributed by atoms with Crippen molar-refractivity contribution in [1.82, 2.24) is 15.5 Å². The average molecular weight is 319 g/mol. The molecule has 0 aliphatic carbocycles. The fourth-order valence-corrected chi connectivity index (χ4v) is 3.07. The van der Waals surface area contributed by atoms with Gasteiger partial charge in [0.2, 0.25) is 5.91 Å². The minimum Gasteiger partial charge on any atom is -0.493 e. The summed E-state index contributed by atoms with van der Waals surface area (Å²) >= 11 is 0. The maximum atomic E-state index is 12.2. The van der Waals surface area contributed by atoms with Gasteiger partial charge in [-0.1, -0.05) is 18.2 Å². The van der Waals surface area contributed by atoms with Gasteiger partial charge in [0, 0.05) is 31.6 Å². The Bertz CT molecular complexity index is 538. The number of benzene rings is 1. The molecule has 1 aromatic rings. The highest BCUT2D eigenvalue weighted by Crippen LogP contribution is 2.31. The molecule has 1 amide bonds. The van der Waals surface area contributed by atoms with Crippen molar-refractivity contribution in [1.29, 1.82) is 0 Å². The van der Waals surface area contributed by atoms with Crippen LogP contribution in [-0.4, -0.2) is 63.4 Å². The zero-order valence-electron chi connectivity index (χ0n) is 13.6. The fourth-order valence-electron chi connectivity index (χ4n) is 3.07. The second-order valence-electron chi connectivity index (χ2n) is 6.18. The Morgan fingerprint density at radius 3 is 3.09 bits per heavy atom. The third-order valence-corrected chi connectivity index (χ3v) is 4.29. The Morgan fingerprint density at radius 1 is 1.35 bits per heavy atom. The van der Waals surface area contributed by atoms with E-state index >= 15 is 0 Å². The Kier molecular flexibility index (Phi) is 5.48. The first-order valence-corrected chi connectivity index (χ1v) is 8.24. The molecule has 2 aliphatic rings. The molecule has 126 valence electrons. The molecule has 3 rings (SSSR count). The van der Waals surface area contributed by atoms with Gasteiger partial charge in [0.15, 0.2) is 0 Å². The number of hydrogen-bond donors (Lipinski definition) is 2. The van der Waals surface area contributed by atoms with E-state index in [0.29, 0.717) is 19.7 Å². The molecule has 2 atom stereocenters. The van der Waals surface area contributed by atoms with E-state index in [-0.39, 0.29) is 18.1 Å². The first-order chi connectivity index (χ1) is 11.2. The minimum atomic E-state index is 0.0101. The molecule has 6 nitrogen and oxygen atoms in total. The van der Waals surface area contributed by atoms with Crippen LogP contribution in [-0.2, 0) is 9.53 Å². The average Bonchev–Trinajstić information content (AvgIpc) is 2.55. The van der Waals surface area contributed by atoms with Crippen molar-refractivity contribution >= 4 is 5.91 Å². The Balaban J connectivity index is 1.43. The van der Waals surface area contributed by atoms with E-state index in [2.05, 4.69) is 22.6 Å². The van der Waals surface area contributed by atoms with Gasteiger partial charge in [0.1, 0.15) is 5.75 Å². The molecule has 0 bridgehead atoms. The summed E-state index contributed by atoms with van der Waals surface area (Å²) in [6.45, 7) is 4.28. The zero-order valence-corrected chi connectivity index (χ0v) is 13.6. The molecule has 0 spiro atoms. The predicted molar refractivity (Wildman–Crippen MR) is 87.5 cm³/mol. The molecule has 6 heteroatoms. The molecule has 0 saturated carbocycles. The van der Waals surface area contributed by atoms with E-state index in [4.69, 9.17) is 9.47 Å². The first-order valence-electron chi connectivity index (χ1n) is 8.24. The van der Waals surface area contributed by atoms with Crippen molar-refractivity contribution in [2.75, 3.05) is 46.4 Å². The van der Waals surface area contributed by atoms with Gasteiger partial charge in [-0.15, -0.1) is 0 Å². The van der Waals surface area contributed by atoms with Crippen LogP contribution in [0.15, 0.2) is 24.3 Å². The molecular weight excluding hydrogens is 294 g/mol. The lowest BCUT2D eigenvalue weighted by molar-refractivity contribution is -0.121. The van der Waals surface area contributed by atoms with E-state index in [0.717, 1.165) is 37.4 Å². The van der Waals surface area contributed by atoms with Crippen LogP contribution in [0.25, 0.3) is 0 Å². The third-order valence-electron chi connectivity index (χ3n) is 4.29. The summed E-state index contributed by atoms with van der Waals surface area (Å²) in [6, 6.07) is 7.92. The zero-order chi connectivity index (χ0) is 16.1. The van der Waals surface area contributed by atoms with Crippen LogP contribution in [0, 0.1) is 0 Å². The van der Waals surface area contributed by atoms with Crippen molar-refractivity contribution < 1.29 is 14.3 Å². The Hall–Kier alpha value is -1.63. The number of carbonyl (C=O) groups excluding carboxylic acids is 1. The van der Waals surface area contributed by atoms with Crippen LogP contribution in [0.2, 0.25) is 0 Å². The summed E-state index contributed by atoms with van der Waals surface area (Å²) in [5.74, 6) is 0.881. The number of rotatable bonds is 5. The highest BCUT2D eigenvalue weighted by atomic mass is 16.5. The molecule has 1 aromatic carbocycles. The van der Waals surface area contributed by atoms with E-state index in [9.17, 15) is 4.79 Å². The fraction of sp³-hybridized carbons (Fsp3) is 0.588. The number of likely N-dealkylation sites (N-methyl/N-ethyl adjacent to an activating group) is 1. The van der Waals surface area contributed by atoms with Crippen LogP contribution in [0.4, 0.5) is 0 Å². The smallest absolute Gasteiger partial charge is 0.234 e. The lowest BCUT2D eigenvalue weighted by Gasteiger charge is -2.30. The largest absolute Gasteiger partial charge is 0.493 e. The van der Waals surface area contributed by atoms with Gasteiger partial charge in [0.05, 0.1) is 31.9 Å². The number of carbonyl (C=O) groups is 1. The number of fused-ring (bicyclic) bond motifs is 1. The summed E-state index contributed by atoms with van der Waals surface area (Å²) < 4.78 is 11.3. The third kappa shape index (κ3) is 4.43. The highest BCUT2D eigenvalue weighted by molar-refractivity contribution is 5.78. The Labute approximate surface area is 137 Å². The van der Waals surface area contributed by atoms with Gasteiger partial charge in [-0.05, 0) is 13.1 Å². The van der Waals surface area contributed by atoms with Crippen LogP contribution < -0.4 is 15.4 Å². The minimum absolute atomic E-state index is 0.0101. The monoisotopic (exact) mass is 319 g/mol. The number of nitrogens with zero attached hydrogens (tertiary/aromatic N) is 1. The van der Waals surface area contributed by atoms with Gasteiger partial charge >= 0.3 is 0 Å². The van der Waals surface area contributed by atoms with E-state index in [1.54, 1.807) is 0 Å². The van der Waals surface area contributed by atoms with Crippen LogP contribution in [0.1, 0.15) is 18.0 Å². The quantitative estimate of drug-likeness (QED) is 0.830. The number of nitrogens with one attached hydrogen (secondary N) is 2. The summed E-state index contributed by atoms with van der Waals surface area (Å²) in [7, 11) is 2.09. The number of amides is 1. The van der Waals surface area contributed by atoms with Crippen LogP contribution in [0.5, 0.6) is 5.75 Å². The number of ether oxygens (including phenoxy) is 2. The lowest BCUT2D eigenvalue weighted by atomic mass is 10.0. The Morgan fingerprint density at radius 2 is 2.22 bits per heavy atom. The van der Waals surface area contributed by atoms with Crippen LogP contribution in [0.3, 0.4) is 0 Å². The lowest BCUT2D eigenvalue weighted by Crippen LogP contribution is -2.46. The van der Waals surface area contributed by atoms with Gasteiger partial charge in [-0.25, -0.2) is 0 Å². The normalized spacial score (nSPS) is 24.6. The molecule has 2 aliphatic heterocycles. The number of hydrogen-bond acceptors (Lipinski definition) is 5. The van der Waals surface area contributed by atoms with Gasteiger partial charge in [0.25, 0.3) is 0 Å². The molecule has 2 N–H and O–H groups in total. The molecule has 0 unspecified atom stereocenters. The molecule has 1 fully saturated rings. The SMILES string of the molecule is CN1CCO[C@H](CNCC(=O)N[C@@H]2CCOc3ccccc32)C1. The second kappa shape index (κ2) is 7.77. The standard InChI is InChI=1S/C17H25N3O3/c1-20-7-9-22-13(12-20)10-18-11-17(21)19-15-6-8-23-16-5-3-2-4-14(15)16/h2-5,13,15,18H,6-12H2,1H3,(H,19,21)/t13-,15-/m1/s1. The summed E-state index contributed by atoms with van der Waals surface area (Å²) in [6.07, 6.45) is 0.963. The number of morpholine rings is 1. The van der Waals surface area contributed by atoms with Crippen molar-refractivity contribution in [3.05, 3.63) is 29.8 Å². The molecule has 0 radical (unpaired) electrons. The second-order valence-corrected chi connectivity index (χ2v) is 6.18. The van der Waals surface area contributed by atoms with Crippen molar-refractivity contribution in [2.45, 2.75) is 18.6 Å². The first kappa shape index (κ1) is 16.2. The topological polar surface area (TPSA) is 62.8 Å². The molecule has 2 heterocycles. The summed E-state index contributed by atoms with van der Waals surface area (Å²) in [5, 5.41) is 6.28. The van der Waals surface area contributed by atoms with Gasteiger partial charge in [-0.3, -0.25) is 4.79 Å². The molecule has 0 aromatic heterocycles.